The lowest BCUT2D eigenvalue weighted by molar-refractivity contribution is 0.342. The lowest BCUT2D eigenvalue weighted by Crippen LogP contribution is -2.33. The summed E-state index contributed by atoms with van der Waals surface area (Å²) < 4.78 is 0. The topological polar surface area (TPSA) is 15.3 Å². The summed E-state index contributed by atoms with van der Waals surface area (Å²) in [5.74, 6) is 0. The molecule has 2 heteroatoms. The Morgan fingerprint density at radius 2 is 2.27 bits per heavy atom. The van der Waals surface area contributed by atoms with Crippen LogP contribution in [-0.4, -0.2) is 23.5 Å². The first-order valence-electron chi connectivity index (χ1n) is 4.04. The molecule has 0 spiro atoms. The molecule has 2 rings (SSSR count). The molecule has 2 aliphatic rings. The average Bonchev–Trinajstić information content (AvgIpc) is 2.47. The SMILES string of the molecule is CCN1[C]NC2C=CC=CC21. The fourth-order valence-corrected chi connectivity index (χ4v) is 1.55. The van der Waals surface area contributed by atoms with Crippen LogP contribution in [0.25, 0.3) is 0 Å². The van der Waals surface area contributed by atoms with Crippen LogP contribution < -0.4 is 5.32 Å². The van der Waals surface area contributed by atoms with Gasteiger partial charge in [-0.15, -0.1) is 0 Å². The van der Waals surface area contributed by atoms with Gasteiger partial charge in [-0.1, -0.05) is 31.2 Å². The summed E-state index contributed by atoms with van der Waals surface area (Å²) in [5.41, 5.74) is 0. The van der Waals surface area contributed by atoms with Crippen LogP contribution in [0.2, 0.25) is 0 Å². The molecule has 1 fully saturated rings. The molecule has 0 bridgehead atoms. The molecule has 1 N–H and O–H groups in total. The Morgan fingerprint density at radius 3 is 3.09 bits per heavy atom. The van der Waals surface area contributed by atoms with Gasteiger partial charge in [-0.05, 0) is 6.54 Å². The smallest absolute Gasteiger partial charge is 0.144 e. The quantitative estimate of drug-likeness (QED) is 0.591. The first-order valence-corrected chi connectivity index (χ1v) is 4.04. The van der Waals surface area contributed by atoms with Gasteiger partial charge in [0.1, 0.15) is 6.67 Å². The second-order valence-electron chi connectivity index (χ2n) is 2.83. The normalized spacial score (nSPS) is 36.1. The van der Waals surface area contributed by atoms with Crippen LogP contribution in [0.3, 0.4) is 0 Å². The van der Waals surface area contributed by atoms with E-state index in [0.29, 0.717) is 12.1 Å². The maximum Gasteiger partial charge on any atom is 0.144 e. The Hall–Kier alpha value is -0.600. The molecule has 0 aromatic heterocycles. The fourth-order valence-electron chi connectivity index (χ4n) is 1.55. The van der Waals surface area contributed by atoms with E-state index in [4.69, 9.17) is 0 Å². The second kappa shape index (κ2) is 2.80. The Bertz CT molecular complexity index is 196. The Balaban J connectivity index is 2.13. The van der Waals surface area contributed by atoms with Crippen molar-refractivity contribution in [1.82, 2.24) is 10.2 Å². The van der Waals surface area contributed by atoms with Gasteiger partial charge in [-0.2, -0.15) is 0 Å². The number of nitrogens with zero attached hydrogens (tertiary/aromatic N) is 1. The number of nitrogens with one attached hydrogen (secondary N) is 1. The maximum atomic E-state index is 3.20. The van der Waals surface area contributed by atoms with Gasteiger partial charge in [0.15, 0.2) is 0 Å². The molecule has 2 atom stereocenters. The molecule has 2 unspecified atom stereocenters. The zero-order valence-electron chi connectivity index (χ0n) is 6.62. The van der Waals surface area contributed by atoms with E-state index in [1.165, 1.54) is 0 Å². The summed E-state index contributed by atoms with van der Waals surface area (Å²) in [7, 11) is 0. The molecule has 0 amide bonds. The molecule has 1 saturated heterocycles. The first-order chi connectivity index (χ1) is 5.42. The minimum absolute atomic E-state index is 0.444. The number of rotatable bonds is 1. The summed E-state index contributed by atoms with van der Waals surface area (Å²) in [4.78, 5) is 2.19. The summed E-state index contributed by atoms with van der Waals surface area (Å²) in [6, 6.07) is 0.935. The van der Waals surface area contributed by atoms with Gasteiger partial charge in [-0.25, -0.2) is 0 Å². The molecule has 58 valence electrons. The van der Waals surface area contributed by atoms with Crippen LogP contribution in [0.15, 0.2) is 24.3 Å². The van der Waals surface area contributed by atoms with Gasteiger partial charge in [0.05, 0.1) is 0 Å². The van der Waals surface area contributed by atoms with Crippen molar-refractivity contribution in [3.63, 3.8) is 0 Å². The predicted octanol–water partition coefficient (Wildman–Crippen LogP) is 0.771. The molecule has 11 heavy (non-hydrogen) atoms. The molecule has 0 saturated carbocycles. The zero-order valence-corrected chi connectivity index (χ0v) is 6.62. The highest BCUT2D eigenvalue weighted by Crippen LogP contribution is 2.18. The van der Waals surface area contributed by atoms with Gasteiger partial charge in [-0.3, -0.25) is 10.2 Å². The molecule has 0 aromatic carbocycles. The van der Waals surface area contributed by atoms with Gasteiger partial charge >= 0.3 is 0 Å². The fraction of sp³-hybridized carbons (Fsp3) is 0.444. The highest BCUT2D eigenvalue weighted by molar-refractivity contribution is 5.23. The highest BCUT2D eigenvalue weighted by Gasteiger charge is 2.30. The molecule has 2 nitrogen and oxygen atoms in total. The summed E-state index contributed by atoms with van der Waals surface area (Å²) in [6.45, 7) is 6.29. The number of hydrogen-bond acceptors (Lipinski definition) is 2. The predicted molar refractivity (Wildman–Crippen MR) is 44.6 cm³/mol. The zero-order chi connectivity index (χ0) is 7.68. The molecular formula is C9H12N2. The molecular weight excluding hydrogens is 136 g/mol. The lowest BCUT2D eigenvalue weighted by atomic mass is 10.0. The highest BCUT2D eigenvalue weighted by atomic mass is 15.3. The third-order valence-corrected chi connectivity index (χ3v) is 2.18. The number of likely N-dealkylation sites (N-methyl/N-ethyl adjacent to an activating group) is 1. The van der Waals surface area contributed by atoms with Gasteiger partial charge in [0.25, 0.3) is 0 Å². The molecule has 1 aliphatic carbocycles. The van der Waals surface area contributed by atoms with Crippen molar-refractivity contribution in [2.75, 3.05) is 6.54 Å². The minimum Gasteiger partial charge on any atom is -0.285 e. The van der Waals surface area contributed by atoms with E-state index in [9.17, 15) is 0 Å². The minimum atomic E-state index is 0.444. The van der Waals surface area contributed by atoms with E-state index < -0.39 is 0 Å². The number of allylic oxidation sites excluding steroid dienone is 2. The van der Waals surface area contributed by atoms with Crippen molar-refractivity contribution in [3.8, 4) is 0 Å². The number of hydrogen-bond donors (Lipinski definition) is 1. The van der Waals surface area contributed by atoms with Crippen LogP contribution >= 0.6 is 0 Å². The maximum absolute atomic E-state index is 3.20. The van der Waals surface area contributed by atoms with E-state index in [1.54, 1.807) is 0 Å². The Morgan fingerprint density at radius 1 is 1.45 bits per heavy atom. The summed E-state index contributed by atoms with van der Waals surface area (Å²) in [6.07, 6.45) is 8.56. The van der Waals surface area contributed by atoms with Crippen molar-refractivity contribution >= 4 is 0 Å². The van der Waals surface area contributed by atoms with E-state index in [1.807, 2.05) is 0 Å². The standard InChI is InChI=1S/C9H12N2/c1-2-11-7-10-8-5-3-4-6-9(8)11/h3-6,8-10H,2H2,1H3. The van der Waals surface area contributed by atoms with Crippen LogP contribution in [0.1, 0.15) is 6.92 Å². The van der Waals surface area contributed by atoms with E-state index in [2.05, 4.69) is 48.1 Å². The largest absolute Gasteiger partial charge is 0.285 e. The monoisotopic (exact) mass is 148 g/mol. The first kappa shape index (κ1) is 7.07. The molecule has 1 aliphatic heterocycles. The summed E-state index contributed by atoms with van der Waals surface area (Å²) >= 11 is 0. The summed E-state index contributed by atoms with van der Waals surface area (Å²) in [5, 5.41) is 3.20. The third-order valence-electron chi connectivity index (χ3n) is 2.18. The van der Waals surface area contributed by atoms with E-state index in [-0.39, 0.29) is 0 Å². The van der Waals surface area contributed by atoms with Gasteiger partial charge in [0.2, 0.25) is 0 Å². The Labute approximate surface area is 67.6 Å². The van der Waals surface area contributed by atoms with Gasteiger partial charge in [0, 0.05) is 12.1 Å². The van der Waals surface area contributed by atoms with Crippen LogP contribution in [-0.2, 0) is 0 Å². The Kier molecular flexibility index (Phi) is 1.80. The van der Waals surface area contributed by atoms with E-state index >= 15 is 0 Å². The van der Waals surface area contributed by atoms with E-state index in [0.717, 1.165) is 6.54 Å². The van der Waals surface area contributed by atoms with Crippen molar-refractivity contribution in [2.24, 2.45) is 0 Å². The molecule has 2 radical (unpaired) electrons. The van der Waals surface area contributed by atoms with Crippen molar-refractivity contribution in [1.29, 1.82) is 0 Å². The lowest BCUT2D eigenvalue weighted by Gasteiger charge is -2.21. The van der Waals surface area contributed by atoms with Crippen molar-refractivity contribution < 1.29 is 0 Å². The number of fused-ring (bicyclic) bond motifs is 1. The second-order valence-corrected chi connectivity index (χ2v) is 2.83. The molecule has 1 heterocycles. The van der Waals surface area contributed by atoms with Crippen LogP contribution in [0.5, 0.6) is 0 Å². The van der Waals surface area contributed by atoms with Crippen molar-refractivity contribution in [3.05, 3.63) is 31.0 Å². The molecule has 0 aromatic rings. The third kappa shape index (κ3) is 1.12. The average molecular weight is 148 g/mol. The van der Waals surface area contributed by atoms with Crippen molar-refractivity contribution in [2.45, 2.75) is 19.0 Å². The van der Waals surface area contributed by atoms with Crippen LogP contribution in [0.4, 0.5) is 0 Å². The van der Waals surface area contributed by atoms with Gasteiger partial charge < -0.3 is 0 Å². The van der Waals surface area contributed by atoms with Crippen LogP contribution in [0, 0.1) is 6.67 Å².